The Balaban J connectivity index is 1.84. The van der Waals surface area contributed by atoms with E-state index in [0.29, 0.717) is 0 Å². The number of hydrogen-bond donors (Lipinski definition) is 0. The van der Waals surface area contributed by atoms with Gasteiger partial charge in [0.15, 0.2) is 17.6 Å². The van der Waals surface area contributed by atoms with Crippen molar-refractivity contribution in [2.75, 3.05) is 6.61 Å². The van der Waals surface area contributed by atoms with Crippen LogP contribution in [0.25, 0.3) is 0 Å². The molecule has 0 spiro atoms. The van der Waals surface area contributed by atoms with E-state index in [4.69, 9.17) is 4.74 Å². The summed E-state index contributed by atoms with van der Waals surface area (Å²) in [6.07, 6.45) is 17.1. The lowest BCUT2D eigenvalue weighted by Crippen LogP contribution is -2.50. The van der Waals surface area contributed by atoms with Gasteiger partial charge in [-0.2, -0.15) is 0 Å². The fourth-order valence-corrected chi connectivity index (χ4v) is 4.87. The lowest BCUT2D eigenvalue weighted by molar-refractivity contribution is -0.147. The van der Waals surface area contributed by atoms with Gasteiger partial charge in [0.1, 0.15) is 5.83 Å². The molecule has 0 aliphatic heterocycles. The number of allylic oxidation sites excluding steroid dienone is 2. The van der Waals surface area contributed by atoms with E-state index in [0.717, 1.165) is 56.9 Å². The van der Waals surface area contributed by atoms with Crippen molar-refractivity contribution in [1.82, 2.24) is 0 Å². The number of hydrogen-bond acceptors (Lipinski definition) is 2. The Morgan fingerprint density at radius 3 is 2.33 bits per heavy atom. The van der Waals surface area contributed by atoms with Crippen LogP contribution in [0.1, 0.15) is 104 Å². The van der Waals surface area contributed by atoms with Crippen molar-refractivity contribution >= 4 is 5.78 Å². The van der Waals surface area contributed by atoms with Gasteiger partial charge in [-0.05, 0) is 43.3 Å². The topological polar surface area (TPSA) is 26.3 Å². The monoisotopic (exact) mass is 424 g/mol. The molecule has 2 aliphatic carbocycles. The normalized spacial score (nSPS) is 29.1. The molecule has 2 unspecified atom stereocenters. The highest BCUT2D eigenvalue weighted by Crippen LogP contribution is 2.38. The fourth-order valence-electron chi connectivity index (χ4n) is 4.87. The minimum Gasteiger partial charge on any atom is -0.359 e. The maximum Gasteiger partial charge on any atom is 0.191 e. The van der Waals surface area contributed by atoms with Gasteiger partial charge in [-0.3, -0.25) is 4.79 Å². The van der Waals surface area contributed by atoms with Gasteiger partial charge in [0, 0.05) is 13.0 Å². The molecule has 0 radical (unpaired) electrons. The van der Waals surface area contributed by atoms with Gasteiger partial charge < -0.3 is 4.74 Å². The average Bonchev–Trinajstić information content (AvgIpc) is 2.75. The van der Waals surface area contributed by atoms with Crippen LogP contribution < -0.4 is 0 Å². The van der Waals surface area contributed by atoms with Crippen LogP contribution in [-0.4, -0.2) is 24.2 Å². The van der Waals surface area contributed by atoms with Crippen LogP contribution in [-0.2, 0) is 9.53 Å². The summed E-state index contributed by atoms with van der Waals surface area (Å²) in [5.74, 6) is -0.178. The number of ketones is 1. The highest BCUT2D eigenvalue weighted by atomic mass is 19.2. The number of halogens is 2. The predicted molar refractivity (Wildman–Crippen MR) is 120 cm³/mol. The summed E-state index contributed by atoms with van der Waals surface area (Å²) in [5.41, 5.74) is -1.78. The molecule has 1 fully saturated rings. The van der Waals surface area contributed by atoms with E-state index in [1.54, 1.807) is 0 Å². The molecule has 0 amide bonds. The number of ether oxygens (including phenoxy) is 1. The minimum atomic E-state index is -2.03. The molecule has 2 rings (SSSR count). The van der Waals surface area contributed by atoms with E-state index in [-0.39, 0.29) is 24.7 Å². The Morgan fingerprint density at radius 2 is 1.63 bits per heavy atom. The van der Waals surface area contributed by atoms with Crippen molar-refractivity contribution in [2.24, 2.45) is 11.8 Å². The first-order valence-electron chi connectivity index (χ1n) is 12.4. The number of Topliss-reactive ketones (excluding diaryl/α,β-unsaturated/α-hetero) is 1. The summed E-state index contributed by atoms with van der Waals surface area (Å²) in [5, 5.41) is 0. The van der Waals surface area contributed by atoms with Crippen molar-refractivity contribution in [3.8, 4) is 0 Å². The van der Waals surface area contributed by atoms with Crippen LogP contribution in [0, 0.1) is 11.8 Å². The molecule has 0 N–H and O–H groups in total. The largest absolute Gasteiger partial charge is 0.359 e. The van der Waals surface area contributed by atoms with Crippen LogP contribution in [0.5, 0.6) is 0 Å². The summed E-state index contributed by atoms with van der Waals surface area (Å²) in [6, 6.07) is 0. The first-order chi connectivity index (χ1) is 14.5. The molecule has 2 nitrogen and oxygen atoms in total. The number of carbonyl (C=O) groups is 1. The molecule has 172 valence electrons. The van der Waals surface area contributed by atoms with Crippen LogP contribution in [0.4, 0.5) is 8.78 Å². The van der Waals surface area contributed by atoms with Gasteiger partial charge in [-0.25, -0.2) is 8.78 Å². The molecule has 0 aromatic heterocycles. The van der Waals surface area contributed by atoms with E-state index in [1.807, 2.05) is 0 Å². The first-order valence-corrected chi connectivity index (χ1v) is 12.4. The Kier molecular flexibility index (Phi) is 11.3. The molecular weight excluding hydrogens is 382 g/mol. The zero-order valence-electron chi connectivity index (χ0n) is 19.1. The zero-order chi connectivity index (χ0) is 21.8. The van der Waals surface area contributed by atoms with E-state index in [2.05, 4.69) is 13.8 Å². The van der Waals surface area contributed by atoms with Gasteiger partial charge in [-0.15, -0.1) is 0 Å². The number of unbranched alkanes of at least 4 members (excludes halogenated alkanes) is 6. The number of rotatable bonds is 14. The molecule has 4 heteroatoms. The molecule has 30 heavy (non-hydrogen) atoms. The first kappa shape index (κ1) is 25.2. The van der Waals surface area contributed by atoms with Crippen molar-refractivity contribution in [3.05, 3.63) is 24.1 Å². The number of carbonyl (C=O) groups excluding carboxylic acids is 1. The van der Waals surface area contributed by atoms with Gasteiger partial charge in [-0.1, -0.05) is 84.1 Å². The van der Waals surface area contributed by atoms with Crippen LogP contribution in [0.15, 0.2) is 24.1 Å². The minimum absolute atomic E-state index is 0.263. The van der Waals surface area contributed by atoms with Crippen molar-refractivity contribution in [1.29, 1.82) is 0 Å². The summed E-state index contributed by atoms with van der Waals surface area (Å²) in [7, 11) is 0. The Labute approximate surface area is 182 Å². The van der Waals surface area contributed by atoms with E-state index >= 15 is 0 Å². The summed E-state index contributed by atoms with van der Waals surface area (Å²) >= 11 is 0. The van der Waals surface area contributed by atoms with E-state index in [9.17, 15) is 13.6 Å². The molecule has 0 saturated heterocycles. The highest BCUT2D eigenvalue weighted by molar-refractivity contribution is 5.91. The summed E-state index contributed by atoms with van der Waals surface area (Å²) < 4.78 is 34.7. The standard InChI is InChI=1S/C26H42F2O2/c1-3-5-7-8-9-12-21-14-16-22(17-15-21)20-24(29)26(30-19-10-6-4-2)18-11-13-23(27)25(26)28/h11,13,18,21-22,25H,3-10,12,14-17,19-20H2,1-2H3. The predicted octanol–water partition coefficient (Wildman–Crippen LogP) is 7.82. The number of alkyl halides is 1. The lowest BCUT2D eigenvalue weighted by Gasteiger charge is -2.36. The molecule has 0 heterocycles. The average molecular weight is 425 g/mol. The zero-order valence-corrected chi connectivity index (χ0v) is 19.1. The Bertz CT molecular complexity index is 563. The lowest BCUT2D eigenvalue weighted by atomic mass is 9.75. The Morgan fingerprint density at radius 1 is 1.00 bits per heavy atom. The van der Waals surface area contributed by atoms with Crippen LogP contribution in [0.2, 0.25) is 0 Å². The second kappa shape index (κ2) is 13.4. The molecule has 2 aliphatic rings. The SMILES string of the molecule is CCCCCCCC1CCC(CC(=O)C2(OCCCCC)C=CC=C(F)C2F)CC1. The summed E-state index contributed by atoms with van der Waals surface area (Å²) in [6.45, 7) is 4.59. The van der Waals surface area contributed by atoms with Crippen LogP contribution >= 0.6 is 0 Å². The maximum absolute atomic E-state index is 14.9. The van der Waals surface area contributed by atoms with Gasteiger partial charge in [0.25, 0.3) is 0 Å². The van der Waals surface area contributed by atoms with Crippen molar-refractivity contribution < 1.29 is 18.3 Å². The third-order valence-corrected chi connectivity index (χ3v) is 6.90. The quantitative estimate of drug-likeness (QED) is 0.266. The van der Waals surface area contributed by atoms with Gasteiger partial charge in [0.05, 0.1) is 0 Å². The fraction of sp³-hybridized carbons (Fsp3) is 0.808. The Hall–Kier alpha value is -1.03. The smallest absolute Gasteiger partial charge is 0.191 e. The van der Waals surface area contributed by atoms with Crippen LogP contribution in [0.3, 0.4) is 0 Å². The van der Waals surface area contributed by atoms with Crippen molar-refractivity contribution in [2.45, 2.75) is 116 Å². The van der Waals surface area contributed by atoms with Crippen molar-refractivity contribution in [3.63, 3.8) is 0 Å². The summed E-state index contributed by atoms with van der Waals surface area (Å²) in [4.78, 5) is 13.2. The highest BCUT2D eigenvalue weighted by Gasteiger charge is 2.49. The third kappa shape index (κ3) is 7.28. The molecule has 0 aromatic rings. The van der Waals surface area contributed by atoms with Gasteiger partial charge in [0.2, 0.25) is 0 Å². The molecule has 0 bridgehead atoms. The molecule has 0 aromatic carbocycles. The third-order valence-electron chi connectivity index (χ3n) is 6.90. The maximum atomic E-state index is 14.9. The molecule has 2 atom stereocenters. The molecule has 1 saturated carbocycles. The molecular formula is C26H42F2O2. The van der Waals surface area contributed by atoms with E-state index < -0.39 is 17.6 Å². The van der Waals surface area contributed by atoms with Gasteiger partial charge >= 0.3 is 0 Å². The second-order valence-corrected chi connectivity index (χ2v) is 9.34. The second-order valence-electron chi connectivity index (χ2n) is 9.34. The van der Waals surface area contributed by atoms with E-state index in [1.165, 1.54) is 50.7 Å².